The van der Waals surface area contributed by atoms with Gasteiger partial charge in [0.2, 0.25) is 5.91 Å². The molecule has 5 nitrogen and oxygen atoms in total. The van der Waals surface area contributed by atoms with Gasteiger partial charge in [0, 0.05) is 17.6 Å². The molecule has 2 aromatic carbocycles. The van der Waals surface area contributed by atoms with E-state index < -0.39 is 0 Å². The fourth-order valence-corrected chi connectivity index (χ4v) is 3.81. The summed E-state index contributed by atoms with van der Waals surface area (Å²) in [6, 6.07) is 13.7. The van der Waals surface area contributed by atoms with Gasteiger partial charge in [0.15, 0.2) is 11.5 Å². The van der Waals surface area contributed by atoms with Crippen molar-refractivity contribution in [3.8, 4) is 11.5 Å². The van der Waals surface area contributed by atoms with Crippen LogP contribution in [0.15, 0.2) is 42.5 Å². The molecule has 6 heteroatoms. The van der Waals surface area contributed by atoms with E-state index in [-0.39, 0.29) is 18.0 Å². The number of ether oxygens (including phenoxy) is 2. The highest BCUT2D eigenvalue weighted by Crippen LogP contribution is 2.36. The maximum atomic E-state index is 12.9. The van der Waals surface area contributed by atoms with E-state index in [1.165, 1.54) is 0 Å². The Morgan fingerprint density at radius 1 is 1.18 bits per heavy atom. The first-order valence-corrected chi connectivity index (χ1v) is 9.91. The van der Waals surface area contributed by atoms with Crippen LogP contribution in [0.2, 0.25) is 5.02 Å². The van der Waals surface area contributed by atoms with E-state index in [2.05, 4.69) is 5.32 Å². The molecule has 0 bridgehead atoms. The number of halogens is 1. The largest absolute Gasteiger partial charge is 0.493 e. The molecule has 2 unspecified atom stereocenters. The summed E-state index contributed by atoms with van der Waals surface area (Å²) in [5.74, 6) is 1.49. The molecule has 1 saturated heterocycles. The Morgan fingerprint density at radius 2 is 1.89 bits per heavy atom. The lowest BCUT2D eigenvalue weighted by Crippen LogP contribution is -2.38. The first-order chi connectivity index (χ1) is 13.5. The Bertz CT molecular complexity index is 810. The third kappa shape index (κ3) is 4.59. The highest BCUT2D eigenvalue weighted by atomic mass is 35.5. The molecule has 1 N–H and O–H groups in total. The first kappa shape index (κ1) is 20.5. The third-order valence-corrected chi connectivity index (χ3v) is 5.55. The van der Waals surface area contributed by atoms with E-state index in [0.29, 0.717) is 23.1 Å². The van der Waals surface area contributed by atoms with Crippen LogP contribution in [-0.4, -0.2) is 38.1 Å². The van der Waals surface area contributed by atoms with Gasteiger partial charge < -0.3 is 19.7 Å². The van der Waals surface area contributed by atoms with Gasteiger partial charge in [-0.1, -0.05) is 29.8 Å². The summed E-state index contributed by atoms with van der Waals surface area (Å²) >= 11 is 5.95. The van der Waals surface area contributed by atoms with Crippen LogP contribution in [0, 0.1) is 0 Å². The zero-order valence-electron chi connectivity index (χ0n) is 16.6. The van der Waals surface area contributed by atoms with Crippen molar-refractivity contribution in [2.45, 2.75) is 31.8 Å². The molecule has 2 atom stereocenters. The fraction of sp³-hybridized carbons (Fsp3) is 0.409. The quantitative estimate of drug-likeness (QED) is 0.747. The molecule has 2 aromatic rings. The number of rotatable bonds is 7. The molecule has 0 spiro atoms. The Hall–Kier alpha value is -2.24. The predicted octanol–water partition coefficient (Wildman–Crippen LogP) is 4.37. The third-order valence-electron chi connectivity index (χ3n) is 5.29. The molecule has 0 radical (unpaired) electrons. The van der Waals surface area contributed by atoms with Gasteiger partial charge in [0.1, 0.15) is 0 Å². The van der Waals surface area contributed by atoms with Crippen LogP contribution in [0.3, 0.4) is 0 Å². The molecule has 28 heavy (non-hydrogen) atoms. The van der Waals surface area contributed by atoms with Gasteiger partial charge in [-0.3, -0.25) is 4.79 Å². The average molecular weight is 403 g/mol. The molecule has 1 heterocycles. The minimum atomic E-state index is 0.0694. The summed E-state index contributed by atoms with van der Waals surface area (Å²) in [6.07, 6.45) is 1.95. The van der Waals surface area contributed by atoms with Crippen molar-refractivity contribution in [2.75, 3.05) is 27.3 Å². The van der Waals surface area contributed by atoms with Crippen LogP contribution in [-0.2, 0) is 4.79 Å². The van der Waals surface area contributed by atoms with Gasteiger partial charge in [-0.05, 0) is 55.2 Å². The van der Waals surface area contributed by atoms with Gasteiger partial charge in [0.25, 0.3) is 0 Å². The average Bonchev–Trinajstić information content (AvgIpc) is 3.21. The van der Waals surface area contributed by atoms with E-state index in [4.69, 9.17) is 21.1 Å². The van der Waals surface area contributed by atoms with Crippen LogP contribution in [0.5, 0.6) is 11.5 Å². The molecule has 0 saturated carbocycles. The van der Waals surface area contributed by atoms with Gasteiger partial charge in [-0.15, -0.1) is 0 Å². The summed E-state index contributed by atoms with van der Waals surface area (Å²) < 4.78 is 10.7. The molecule has 1 amide bonds. The Labute approximate surface area is 171 Å². The number of nitrogens with zero attached hydrogens (tertiary/aromatic N) is 1. The topological polar surface area (TPSA) is 50.8 Å². The smallest absolute Gasteiger partial charge is 0.237 e. The van der Waals surface area contributed by atoms with E-state index in [9.17, 15) is 4.79 Å². The van der Waals surface area contributed by atoms with Crippen molar-refractivity contribution in [2.24, 2.45) is 0 Å². The van der Waals surface area contributed by atoms with Crippen molar-refractivity contribution < 1.29 is 14.3 Å². The van der Waals surface area contributed by atoms with Crippen molar-refractivity contribution in [1.82, 2.24) is 10.2 Å². The number of hydrogen-bond acceptors (Lipinski definition) is 4. The molecular weight excluding hydrogens is 376 g/mol. The number of benzene rings is 2. The molecule has 3 rings (SSSR count). The standard InChI is InChI=1S/C22H27ClN2O3/c1-15(16-6-9-18(23)10-7-16)24-14-22(26)25-12-4-5-19(25)17-8-11-20(27-2)21(13-17)28-3/h6-11,13,15,19,24H,4-5,12,14H2,1-3H3. The maximum absolute atomic E-state index is 12.9. The number of amides is 1. The summed E-state index contributed by atoms with van der Waals surface area (Å²) in [5, 5.41) is 4.04. The number of hydrogen-bond donors (Lipinski definition) is 1. The highest BCUT2D eigenvalue weighted by Gasteiger charge is 2.30. The molecule has 0 aromatic heterocycles. The number of nitrogens with one attached hydrogen (secondary N) is 1. The van der Waals surface area contributed by atoms with Crippen LogP contribution in [0.4, 0.5) is 0 Å². The second kappa shape index (κ2) is 9.30. The van der Waals surface area contributed by atoms with Crippen LogP contribution >= 0.6 is 11.6 Å². The summed E-state index contributed by atoms with van der Waals surface area (Å²) in [5.41, 5.74) is 2.18. The monoisotopic (exact) mass is 402 g/mol. The Morgan fingerprint density at radius 3 is 2.57 bits per heavy atom. The minimum Gasteiger partial charge on any atom is -0.493 e. The molecule has 1 aliphatic heterocycles. The summed E-state index contributed by atoms with van der Waals surface area (Å²) in [6.45, 7) is 3.12. The molecular formula is C22H27ClN2O3. The minimum absolute atomic E-state index is 0.0694. The zero-order valence-corrected chi connectivity index (χ0v) is 17.3. The van der Waals surface area contributed by atoms with Gasteiger partial charge in [-0.25, -0.2) is 0 Å². The predicted molar refractivity (Wildman–Crippen MR) is 111 cm³/mol. The lowest BCUT2D eigenvalue weighted by Gasteiger charge is -2.26. The molecule has 1 aliphatic rings. The highest BCUT2D eigenvalue weighted by molar-refractivity contribution is 6.30. The summed E-state index contributed by atoms with van der Waals surface area (Å²) in [4.78, 5) is 14.8. The van der Waals surface area contributed by atoms with E-state index in [1.54, 1.807) is 14.2 Å². The van der Waals surface area contributed by atoms with Gasteiger partial charge in [-0.2, -0.15) is 0 Å². The Kier molecular flexibility index (Phi) is 6.81. The van der Waals surface area contributed by atoms with Crippen molar-refractivity contribution >= 4 is 17.5 Å². The second-order valence-electron chi connectivity index (χ2n) is 7.01. The second-order valence-corrected chi connectivity index (χ2v) is 7.45. The van der Waals surface area contributed by atoms with Crippen molar-refractivity contribution in [1.29, 1.82) is 0 Å². The van der Waals surface area contributed by atoms with Crippen molar-refractivity contribution in [3.05, 3.63) is 58.6 Å². The number of carbonyl (C=O) groups excluding carboxylic acids is 1. The molecule has 0 aliphatic carbocycles. The van der Waals surface area contributed by atoms with E-state index in [1.807, 2.05) is 54.3 Å². The first-order valence-electron chi connectivity index (χ1n) is 9.53. The van der Waals surface area contributed by atoms with Crippen LogP contribution < -0.4 is 14.8 Å². The number of carbonyl (C=O) groups is 1. The summed E-state index contributed by atoms with van der Waals surface area (Å²) in [7, 11) is 3.25. The zero-order chi connectivity index (χ0) is 20.1. The van der Waals surface area contributed by atoms with E-state index in [0.717, 1.165) is 30.5 Å². The maximum Gasteiger partial charge on any atom is 0.237 e. The molecule has 150 valence electrons. The fourth-order valence-electron chi connectivity index (χ4n) is 3.68. The van der Waals surface area contributed by atoms with Gasteiger partial charge in [0.05, 0.1) is 26.8 Å². The SMILES string of the molecule is COc1ccc(C2CCCN2C(=O)CNC(C)c2ccc(Cl)cc2)cc1OC. The van der Waals surface area contributed by atoms with Crippen LogP contribution in [0.1, 0.15) is 43.0 Å². The lowest BCUT2D eigenvalue weighted by molar-refractivity contribution is -0.131. The number of likely N-dealkylation sites (tertiary alicyclic amines) is 1. The lowest BCUT2D eigenvalue weighted by atomic mass is 10.0. The van der Waals surface area contributed by atoms with E-state index >= 15 is 0 Å². The Balaban J connectivity index is 1.65. The van der Waals surface area contributed by atoms with Crippen molar-refractivity contribution in [3.63, 3.8) is 0 Å². The van der Waals surface area contributed by atoms with Gasteiger partial charge >= 0.3 is 0 Å². The van der Waals surface area contributed by atoms with Crippen LogP contribution in [0.25, 0.3) is 0 Å². The normalized spacial score (nSPS) is 17.4. The molecule has 1 fully saturated rings. The number of methoxy groups -OCH3 is 2.